The number of hydrogen-bond acceptors (Lipinski definition) is 5. The molecule has 2 aromatic carbocycles. The Hall–Kier alpha value is -2.73. The average molecular weight is 380 g/mol. The third kappa shape index (κ3) is 5.16. The maximum Gasteiger partial charge on any atom is 0.204 e. The normalized spacial score (nSPS) is 12.3. The van der Waals surface area contributed by atoms with E-state index in [1.54, 1.807) is 11.9 Å². The average Bonchev–Trinajstić information content (AvgIpc) is 3.22. The van der Waals surface area contributed by atoms with Gasteiger partial charge < -0.3 is 4.74 Å². The Labute approximate surface area is 167 Å². The van der Waals surface area contributed by atoms with Gasteiger partial charge in [-0.1, -0.05) is 55.0 Å². The van der Waals surface area contributed by atoms with E-state index in [-0.39, 0.29) is 0 Å². The van der Waals surface area contributed by atoms with E-state index >= 15 is 0 Å². The predicted octanol–water partition coefficient (Wildman–Crippen LogP) is 4.21. The molecule has 1 atom stereocenters. The highest BCUT2D eigenvalue weighted by Crippen LogP contribution is 2.28. The van der Waals surface area contributed by atoms with E-state index in [9.17, 15) is 0 Å². The number of tetrazole rings is 1. The van der Waals surface area contributed by atoms with Gasteiger partial charge in [-0.25, -0.2) is 0 Å². The summed E-state index contributed by atoms with van der Waals surface area (Å²) in [6, 6.07) is 18.5. The van der Waals surface area contributed by atoms with Crippen molar-refractivity contribution < 1.29 is 4.74 Å². The number of methoxy groups -OCH3 is 1. The Balaban J connectivity index is 1.40. The Kier molecular flexibility index (Phi) is 7.14. The van der Waals surface area contributed by atoms with Crippen molar-refractivity contribution in [2.45, 2.75) is 38.8 Å². The largest absolute Gasteiger partial charge is 0.496 e. The van der Waals surface area contributed by atoms with Crippen LogP contribution in [-0.4, -0.2) is 45.8 Å². The fourth-order valence-corrected chi connectivity index (χ4v) is 3.27. The molecule has 148 valence electrons. The molecule has 0 saturated heterocycles. The molecule has 6 nitrogen and oxygen atoms in total. The summed E-state index contributed by atoms with van der Waals surface area (Å²) in [5.41, 5.74) is 2.23. The molecule has 0 radical (unpaired) electrons. The molecule has 1 heterocycles. The molecule has 6 heteroatoms. The SMILES string of the molecule is COc1ccccc1C(C)N(C)CCCCCn1nnc(-c2ccccc2)n1. The number of rotatable bonds is 10. The van der Waals surface area contributed by atoms with Crippen LogP contribution in [0.25, 0.3) is 11.4 Å². The van der Waals surface area contributed by atoms with Crippen LogP contribution in [0.15, 0.2) is 54.6 Å². The van der Waals surface area contributed by atoms with Crippen LogP contribution in [0, 0.1) is 0 Å². The Bertz CT molecular complexity index is 849. The molecule has 0 spiro atoms. The summed E-state index contributed by atoms with van der Waals surface area (Å²) in [4.78, 5) is 4.07. The highest BCUT2D eigenvalue weighted by molar-refractivity contribution is 5.52. The summed E-state index contributed by atoms with van der Waals surface area (Å²) in [6.07, 6.45) is 3.31. The van der Waals surface area contributed by atoms with Gasteiger partial charge in [0.15, 0.2) is 0 Å². The summed E-state index contributed by atoms with van der Waals surface area (Å²) in [5, 5.41) is 12.8. The highest BCUT2D eigenvalue weighted by atomic mass is 16.5. The second-order valence-corrected chi connectivity index (χ2v) is 7.03. The smallest absolute Gasteiger partial charge is 0.204 e. The number of aromatic nitrogens is 4. The van der Waals surface area contributed by atoms with Crippen LogP contribution in [0.2, 0.25) is 0 Å². The molecule has 0 saturated carbocycles. The summed E-state index contributed by atoms with van der Waals surface area (Å²) < 4.78 is 5.49. The first-order chi connectivity index (χ1) is 13.7. The number of ether oxygens (including phenoxy) is 1. The first-order valence-corrected chi connectivity index (χ1v) is 9.85. The third-order valence-electron chi connectivity index (χ3n) is 5.10. The molecular weight excluding hydrogens is 350 g/mol. The van der Waals surface area contributed by atoms with Gasteiger partial charge >= 0.3 is 0 Å². The molecule has 0 aliphatic carbocycles. The summed E-state index contributed by atoms with van der Waals surface area (Å²) in [5.74, 6) is 1.64. The maximum atomic E-state index is 5.49. The van der Waals surface area contributed by atoms with Crippen molar-refractivity contribution in [2.24, 2.45) is 0 Å². The lowest BCUT2D eigenvalue weighted by molar-refractivity contribution is 0.248. The van der Waals surface area contributed by atoms with Crippen LogP contribution in [0.4, 0.5) is 0 Å². The molecule has 0 amide bonds. The molecule has 3 rings (SSSR count). The van der Waals surface area contributed by atoms with Crippen molar-refractivity contribution in [3.8, 4) is 17.1 Å². The maximum absolute atomic E-state index is 5.49. The van der Waals surface area contributed by atoms with E-state index in [2.05, 4.69) is 46.4 Å². The van der Waals surface area contributed by atoms with Gasteiger partial charge in [-0.05, 0) is 44.6 Å². The molecule has 0 bridgehead atoms. The number of nitrogens with zero attached hydrogens (tertiary/aromatic N) is 5. The number of para-hydroxylation sites is 1. The van der Waals surface area contributed by atoms with Crippen molar-refractivity contribution in [3.05, 3.63) is 60.2 Å². The Morgan fingerprint density at radius 3 is 2.54 bits per heavy atom. The van der Waals surface area contributed by atoms with Gasteiger partial charge in [0.05, 0.1) is 13.7 Å². The minimum absolute atomic E-state index is 0.321. The van der Waals surface area contributed by atoms with Gasteiger partial charge in [0.2, 0.25) is 5.82 Å². The van der Waals surface area contributed by atoms with E-state index in [0.717, 1.165) is 43.7 Å². The highest BCUT2D eigenvalue weighted by Gasteiger charge is 2.15. The van der Waals surface area contributed by atoms with Gasteiger partial charge in [0.25, 0.3) is 0 Å². The predicted molar refractivity (Wildman–Crippen MR) is 111 cm³/mol. The molecule has 0 aliphatic rings. The molecule has 1 unspecified atom stereocenters. The van der Waals surface area contributed by atoms with E-state index in [0.29, 0.717) is 11.9 Å². The van der Waals surface area contributed by atoms with Crippen LogP contribution < -0.4 is 4.74 Å². The Morgan fingerprint density at radius 1 is 1.00 bits per heavy atom. The first kappa shape index (κ1) is 20.0. The van der Waals surface area contributed by atoms with Crippen LogP contribution in [0.5, 0.6) is 5.75 Å². The van der Waals surface area contributed by atoms with Crippen LogP contribution in [0.3, 0.4) is 0 Å². The van der Waals surface area contributed by atoms with Crippen molar-refractivity contribution >= 4 is 0 Å². The summed E-state index contributed by atoms with van der Waals surface area (Å²) in [6.45, 7) is 4.06. The van der Waals surface area contributed by atoms with Crippen molar-refractivity contribution in [2.75, 3.05) is 20.7 Å². The van der Waals surface area contributed by atoms with E-state index in [4.69, 9.17) is 4.74 Å². The lowest BCUT2D eigenvalue weighted by Gasteiger charge is -2.26. The number of aryl methyl sites for hydroxylation is 1. The summed E-state index contributed by atoms with van der Waals surface area (Å²) >= 11 is 0. The molecule has 0 fully saturated rings. The number of unbranched alkanes of at least 4 members (excludes halogenated alkanes) is 2. The Morgan fingerprint density at radius 2 is 1.75 bits per heavy atom. The second-order valence-electron chi connectivity index (χ2n) is 7.03. The van der Waals surface area contributed by atoms with Crippen molar-refractivity contribution in [3.63, 3.8) is 0 Å². The molecule has 0 aliphatic heterocycles. The topological polar surface area (TPSA) is 56.1 Å². The quantitative estimate of drug-likeness (QED) is 0.494. The standard InChI is InChI=1S/C22H29N5O/c1-18(20-14-8-9-15-21(20)28-3)26(2)16-10-5-11-17-27-24-22(23-25-27)19-12-6-4-7-13-19/h4,6-9,12-15,18H,5,10-11,16-17H2,1-3H3. The van der Waals surface area contributed by atoms with Crippen molar-refractivity contribution in [1.82, 2.24) is 25.1 Å². The lowest BCUT2D eigenvalue weighted by Crippen LogP contribution is -2.24. The van der Waals surface area contributed by atoms with Gasteiger partial charge in [-0.2, -0.15) is 4.80 Å². The molecule has 28 heavy (non-hydrogen) atoms. The zero-order valence-electron chi connectivity index (χ0n) is 17.0. The molecule has 0 N–H and O–H groups in total. The van der Waals surface area contributed by atoms with Crippen LogP contribution in [0.1, 0.15) is 37.8 Å². The van der Waals surface area contributed by atoms with Crippen LogP contribution >= 0.6 is 0 Å². The van der Waals surface area contributed by atoms with Crippen molar-refractivity contribution in [1.29, 1.82) is 0 Å². The number of hydrogen-bond donors (Lipinski definition) is 0. The van der Waals surface area contributed by atoms with Gasteiger partial charge in [-0.3, -0.25) is 4.90 Å². The minimum Gasteiger partial charge on any atom is -0.496 e. The van der Waals surface area contributed by atoms with Crippen LogP contribution in [-0.2, 0) is 6.54 Å². The lowest BCUT2D eigenvalue weighted by atomic mass is 10.1. The second kappa shape index (κ2) is 9.99. The molecule has 3 aromatic rings. The fraction of sp³-hybridized carbons (Fsp3) is 0.409. The molecular formula is C22H29N5O. The third-order valence-corrected chi connectivity index (χ3v) is 5.10. The first-order valence-electron chi connectivity index (χ1n) is 9.85. The zero-order valence-corrected chi connectivity index (χ0v) is 17.0. The van der Waals surface area contributed by atoms with Gasteiger partial charge in [0, 0.05) is 17.2 Å². The van der Waals surface area contributed by atoms with E-state index in [1.807, 2.05) is 42.5 Å². The van der Waals surface area contributed by atoms with E-state index in [1.165, 1.54) is 5.56 Å². The van der Waals surface area contributed by atoms with Gasteiger partial charge in [-0.15, -0.1) is 10.2 Å². The number of benzene rings is 2. The monoisotopic (exact) mass is 379 g/mol. The zero-order chi connectivity index (χ0) is 19.8. The molecule has 1 aromatic heterocycles. The minimum atomic E-state index is 0.321. The van der Waals surface area contributed by atoms with E-state index < -0.39 is 0 Å². The summed E-state index contributed by atoms with van der Waals surface area (Å²) in [7, 11) is 3.90. The van der Waals surface area contributed by atoms with Gasteiger partial charge in [0.1, 0.15) is 5.75 Å². The fourth-order valence-electron chi connectivity index (χ4n) is 3.27.